The van der Waals surface area contributed by atoms with Crippen molar-refractivity contribution in [3.8, 4) is 5.75 Å². The van der Waals surface area contributed by atoms with E-state index in [-0.39, 0.29) is 30.2 Å². The van der Waals surface area contributed by atoms with Gasteiger partial charge in [0.2, 0.25) is 0 Å². The largest absolute Gasteiger partial charge is 0.573 e. The summed E-state index contributed by atoms with van der Waals surface area (Å²) >= 11 is 0. The number of pyridine rings is 2. The first kappa shape index (κ1) is 23.6. The summed E-state index contributed by atoms with van der Waals surface area (Å²) in [5.41, 5.74) is 0.441. The first-order chi connectivity index (χ1) is 15.0. The highest BCUT2D eigenvalue weighted by Crippen LogP contribution is 2.31. The van der Waals surface area contributed by atoms with Crippen LogP contribution in [-0.4, -0.2) is 59.2 Å². The van der Waals surface area contributed by atoms with Gasteiger partial charge < -0.3 is 20.3 Å². The fraction of sp³-hybridized carbons (Fsp3) is 0.450. The lowest BCUT2D eigenvalue weighted by Gasteiger charge is -2.39. The SMILES string of the molecule is CNCC1CCC(F)(F)CN1C(=O)c1nc(Nc2cc(OC(F)(F)F)ccn2)ccc1C. The van der Waals surface area contributed by atoms with Crippen molar-refractivity contribution >= 4 is 17.5 Å². The molecule has 2 N–H and O–H groups in total. The van der Waals surface area contributed by atoms with E-state index in [1.165, 1.54) is 6.07 Å². The fourth-order valence-corrected chi connectivity index (χ4v) is 3.44. The molecule has 3 rings (SSSR count). The van der Waals surface area contributed by atoms with E-state index in [4.69, 9.17) is 0 Å². The number of carbonyl (C=O) groups excluding carboxylic acids is 1. The number of amides is 1. The molecule has 0 aromatic carbocycles. The van der Waals surface area contributed by atoms with Crippen molar-refractivity contribution in [1.29, 1.82) is 0 Å². The molecule has 1 amide bonds. The predicted octanol–water partition coefficient (Wildman–Crippen LogP) is 3.89. The number of hydrogen-bond donors (Lipinski definition) is 2. The van der Waals surface area contributed by atoms with Gasteiger partial charge >= 0.3 is 6.36 Å². The normalized spacial score (nSPS) is 18.3. The Morgan fingerprint density at radius 3 is 2.72 bits per heavy atom. The fourth-order valence-electron chi connectivity index (χ4n) is 3.44. The zero-order valence-corrected chi connectivity index (χ0v) is 17.3. The Bertz CT molecular complexity index is 970. The first-order valence-corrected chi connectivity index (χ1v) is 9.77. The molecule has 2 aromatic heterocycles. The van der Waals surface area contributed by atoms with Crippen LogP contribution in [0.15, 0.2) is 30.5 Å². The number of piperidine rings is 1. The number of halogens is 5. The molecule has 1 aliphatic heterocycles. The number of anilines is 2. The number of nitrogens with one attached hydrogen (secondary N) is 2. The molecule has 2 aromatic rings. The number of carbonyl (C=O) groups is 1. The van der Waals surface area contributed by atoms with Crippen molar-refractivity contribution < 1.29 is 31.5 Å². The van der Waals surface area contributed by atoms with Crippen molar-refractivity contribution in [3.63, 3.8) is 0 Å². The summed E-state index contributed by atoms with van der Waals surface area (Å²) < 4.78 is 69.2. The number of nitrogens with zero attached hydrogens (tertiary/aromatic N) is 3. The number of hydrogen-bond acceptors (Lipinski definition) is 6. The number of aromatic nitrogens is 2. The highest BCUT2D eigenvalue weighted by atomic mass is 19.4. The second kappa shape index (κ2) is 9.23. The highest BCUT2D eigenvalue weighted by molar-refractivity contribution is 5.94. The molecule has 0 saturated carbocycles. The third-order valence-corrected chi connectivity index (χ3v) is 4.91. The standard InChI is InChI=1S/C20H22F5N5O2/c1-12-3-4-15(28-16-9-14(6-8-27-16)32-20(23,24)25)29-17(12)18(31)30-11-19(21,22)7-5-13(30)10-26-2/h3-4,6,8-9,13,26H,5,7,10-11H2,1-2H3,(H,27,28,29). The Morgan fingerprint density at radius 2 is 2.03 bits per heavy atom. The van der Waals surface area contributed by atoms with Crippen LogP contribution in [0.5, 0.6) is 5.75 Å². The molecule has 0 bridgehead atoms. The van der Waals surface area contributed by atoms with Crippen molar-refractivity contribution in [3.05, 3.63) is 41.7 Å². The first-order valence-electron chi connectivity index (χ1n) is 9.77. The summed E-state index contributed by atoms with van der Waals surface area (Å²) in [6.07, 6.45) is -3.91. The Kier molecular flexibility index (Phi) is 6.82. The molecule has 1 saturated heterocycles. The van der Waals surface area contributed by atoms with Gasteiger partial charge in [0.05, 0.1) is 6.54 Å². The van der Waals surface area contributed by atoms with E-state index in [1.54, 1.807) is 20.0 Å². The molecule has 12 heteroatoms. The Morgan fingerprint density at radius 1 is 1.28 bits per heavy atom. The molecule has 1 unspecified atom stereocenters. The minimum atomic E-state index is -4.86. The van der Waals surface area contributed by atoms with Crippen molar-refractivity contribution in [2.75, 3.05) is 25.5 Å². The predicted molar refractivity (Wildman–Crippen MR) is 106 cm³/mol. The van der Waals surface area contributed by atoms with Gasteiger partial charge in [-0.15, -0.1) is 13.2 Å². The molecule has 1 aliphatic rings. The molecule has 1 atom stereocenters. The Labute approximate surface area is 181 Å². The van der Waals surface area contributed by atoms with Gasteiger partial charge in [0.1, 0.15) is 23.1 Å². The third-order valence-electron chi connectivity index (χ3n) is 4.91. The summed E-state index contributed by atoms with van der Waals surface area (Å²) in [5, 5.41) is 5.62. The monoisotopic (exact) mass is 459 g/mol. The molecule has 3 heterocycles. The van der Waals surface area contributed by atoms with Crippen LogP contribution in [0.25, 0.3) is 0 Å². The molecular weight excluding hydrogens is 437 g/mol. The van der Waals surface area contributed by atoms with Crippen LogP contribution < -0.4 is 15.4 Å². The molecular formula is C20H22F5N5O2. The smallest absolute Gasteiger partial charge is 0.406 e. The minimum Gasteiger partial charge on any atom is -0.406 e. The molecule has 7 nitrogen and oxygen atoms in total. The van der Waals surface area contributed by atoms with Gasteiger partial charge in [-0.3, -0.25) is 4.79 Å². The van der Waals surface area contributed by atoms with Crippen LogP contribution in [0.4, 0.5) is 33.6 Å². The molecule has 32 heavy (non-hydrogen) atoms. The number of alkyl halides is 5. The number of aryl methyl sites for hydroxylation is 1. The van der Waals surface area contributed by atoms with E-state index in [0.29, 0.717) is 12.1 Å². The number of ether oxygens (including phenoxy) is 1. The maximum Gasteiger partial charge on any atom is 0.573 e. The number of likely N-dealkylation sites (N-methyl/N-ethyl adjacent to an activating group) is 1. The topological polar surface area (TPSA) is 79.4 Å². The van der Waals surface area contributed by atoms with E-state index in [0.717, 1.165) is 23.2 Å². The van der Waals surface area contributed by atoms with Gasteiger partial charge in [-0.05, 0) is 38.1 Å². The summed E-state index contributed by atoms with van der Waals surface area (Å²) in [6, 6.07) is 4.71. The van der Waals surface area contributed by atoms with Crippen LogP contribution in [0.3, 0.4) is 0 Å². The van der Waals surface area contributed by atoms with Gasteiger partial charge in [0.25, 0.3) is 11.8 Å². The molecule has 0 radical (unpaired) electrons. The van der Waals surface area contributed by atoms with E-state index in [2.05, 4.69) is 25.3 Å². The average Bonchev–Trinajstić information content (AvgIpc) is 2.69. The second-order valence-corrected chi connectivity index (χ2v) is 7.45. The number of likely N-dealkylation sites (tertiary alicyclic amines) is 1. The zero-order chi connectivity index (χ0) is 23.5. The lowest BCUT2D eigenvalue weighted by Crippen LogP contribution is -2.54. The quantitative estimate of drug-likeness (QED) is 0.639. The van der Waals surface area contributed by atoms with Crippen LogP contribution in [0.1, 0.15) is 28.9 Å². The van der Waals surface area contributed by atoms with Gasteiger partial charge in [-0.25, -0.2) is 18.7 Å². The van der Waals surface area contributed by atoms with E-state index < -0.39 is 36.5 Å². The molecule has 0 spiro atoms. The van der Waals surface area contributed by atoms with Gasteiger partial charge in [0, 0.05) is 31.3 Å². The maximum atomic E-state index is 14.0. The van der Waals surface area contributed by atoms with Crippen molar-refractivity contribution in [2.45, 2.75) is 38.1 Å². The molecule has 1 fully saturated rings. The maximum absolute atomic E-state index is 14.0. The van der Waals surface area contributed by atoms with Gasteiger partial charge in [-0.2, -0.15) is 0 Å². The van der Waals surface area contributed by atoms with E-state index in [9.17, 15) is 26.7 Å². The lowest BCUT2D eigenvalue weighted by molar-refractivity contribution is -0.274. The summed E-state index contributed by atoms with van der Waals surface area (Å²) in [6.45, 7) is 1.26. The average molecular weight is 459 g/mol. The molecule has 174 valence electrons. The van der Waals surface area contributed by atoms with Crippen LogP contribution in [-0.2, 0) is 0 Å². The van der Waals surface area contributed by atoms with E-state index in [1.807, 2.05) is 0 Å². The van der Waals surface area contributed by atoms with Crippen molar-refractivity contribution in [2.24, 2.45) is 0 Å². The second-order valence-electron chi connectivity index (χ2n) is 7.45. The summed E-state index contributed by atoms with van der Waals surface area (Å²) in [4.78, 5) is 22.4. The van der Waals surface area contributed by atoms with Crippen LogP contribution in [0, 0.1) is 6.92 Å². The van der Waals surface area contributed by atoms with Crippen LogP contribution in [0.2, 0.25) is 0 Å². The minimum absolute atomic E-state index is 0.000864. The van der Waals surface area contributed by atoms with Crippen molar-refractivity contribution in [1.82, 2.24) is 20.2 Å². The number of rotatable bonds is 6. The zero-order valence-electron chi connectivity index (χ0n) is 17.3. The Balaban J connectivity index is 1.84. The highest BCUT2D eigenvalue weighted by Gasteiger charge is 2.42. The van der Waals surface area contributed by atoms with E-state index >= 15 is 0 Å². The lowest BCUT2D eigenvalue weighted by atomic mass is 9.98. The van der Waals surface area contributed by atoms with Gasteiger partial charge in [-0.1, -0.05) is 6.07 Å². The van der Waals surface area contributed by atoms with Crippen LogP contribution >= 0.6 is 0 Å². The third kappa shape index (κ3) is 6.02. The molecule has 0 aliphatic carbocycles. The summed E-state index contributed by atoms with van der Waals surface area (Å²) in [7, 11) is 1.67. The van der Waals surface area contributed by atoms with Gasteiger partial charge in [0.15, 0.2) is 0 Å². The Hall–Kier alpha value is -3.02. The summed E-state index contributed by atoms with van der Waals surface area (Å²) in [5.74, 6) is -4.01.